The molecule has 0 saturated heterocycles. The first-order valence-corrected chi connectivity index (χ1v) is 9.46. The van der Waals surface area contributed by atoms with E-state index in [0.29, 0.717) is 32.8 Å². The number of anilines is 1. The van der Waals surface area contributed by atoms with Gasteiger partial charge in [0.25, 0.3) is 5.91 Å². The first kappa shape index (κ1) is 20.8. The van der Waals surface area contributed by atoms with E-state index in [1.54, 1.807) is 61.5 Å². The van der Waals surface area contributed by atoms with Gasteiger partial charge < -0.3 is 19.2 Å². The van der Waals surface area contributed by atoms with E-state index in [-0.39, 0.29) is 19.0 Å². The molecule has 0 atom stereocenters. The van der Waals surface area contributed by atoms with Gasteiger partial charge in [0.15, 0.2) is 12.4 Å². The molecule has 1 aromatic heterocycles. The Labute approximate surface area is 177 Å². The molecule has 150 valence electrons. The maximum Gasteiger partial charge on any atom is 0.344 e. The van der Waals surface area contributed by atoms with E-state index in [0.717, 1.165) is 0 Å². The monoisotopic (exact) mass is 433 g/mol. The number of carbonyl (C=O) groups excluding carboxylic acids is 2. The smallest absolute Gasteiger partial charge is 0.344 e. The second-order valence-corrected chi connectivity index (χ2v) is 6.77. The van der Waals surface area contributed by atoms with Gasteiger partial charge in [-0.1, -0.05) is 29.3 Å². The molecular weight excluding hydrogens is 417 g/mol. The van der Waals surface area contributed by atoms with E-state index in [4.69, 9.17) is 37.1 Å². The van der Waals surface area contributed by atoms with Crippen molar-refractivity contribution in [3.05, 3.63) is 70.4 Å². The molecule has 3 rings (SSSR count). The molecule has 0 aliphatic rings. The maximum atomic E-state index is 12.5. The van der Waals surface area contributed by atoms with E-state index in [1.165, 1.54) is 0 Å². The highest BCUT2D eigenvalue weighted by Gasteiger charge is 2.14. The van der Waals surface area contributed by atoms with Crippen molar-refractivity contribution >= 4 is 40.8 Å². The molecule has 1 N–H and O–H groups in total. The van der Waals surface area contributed by atoms with Gasteiger partial charge in [-0.15, -0.1) is 0 Å². The molecule has 2 aromatic carbocycles. The van der Waals surface area contributed by atoms with Crippen LogP contribution >= 0.6 is 23.2 Å². The predicted molar refractivity (Wildman–Crippen MR) is 111 cm³/mol. The number of hydrogen-bond acceptors (Lipinski definition) is 5. The molecule has 0 radical (unpaired) electrons. The molecule has 0 bridgehead atoms. The van der Waals surface area contributed by atoms with Gasteiger partial charge in [0.2, 0.25) is 0 Å². The molecule has 0 spiro atoms. The maximum absolute atomic E-state index is 12.5. The molecule has 1 heterocycles. The summed E-state index contributed by atoms with van der Waals surface area (Å²) in [5, 5.41) is 3.65. The summed E-state index contributed by atoms with van der Waals surface area (Å²) in [5.41, 5.74) is 1.15. The minimum absolute atomic E-state index is 0.119. The van der Waals surface area contributed by atoms with Gasteiger partial charge in [-0.3, -0.25) is 4.79 Å². The van der Waals surface area contributed by atoms with Crippen LogP contribution in [0.15, 0.2) is 59.0 Å². The zero-order valence-electron chi connectivity index (χ0n) is 15.4. The summed E-state index contributed by atoms with van der Waals surface area (Å²) in [7, 11) is 0. The van der Waals surface area contributed by atoms with Gasteiger partial charge >= 0.3 is 5.97 Å². The Bertz CT molecular complexity index is 1010. The number of hydrogen-bond donors (Lipinski definition) is 1. The molecule has 0 aliphatic heterocycles. The van der Waals surface area contributed by atoms with E-state index < -0.39 is 11.9 Å². The molecule has 0 aliphatic carbocycles. The van der Waals surface area contributed by atoms with Crippen molar-refractivity contribution in [3.63, 3.8) is 0 Å². The fourth-order valence-electron chi connectivity index (χ4n) is 2.51. The van der Waals surface area contributed by atoms with E-state index in [1.807, 2.05) is 0 Å². The fraction of sp³-hybridized carbons (Fsp3) is 0.143. The molecule has 6 nitrogen and oxygen atoms in total. The highest BCUT2D eigenvalue weighted by Crippen LogP contribution is 2.29. The standard InChI is InChI=1S/C21H17Cl2NO5/c1-2-27-20(25)12-28-17-5-3-4-16(11-17)24-21(26)19-7-6-18(29-19)13-8-14(22)10-15(23)9-13/h3-11H,2,12H2,1H3,(H,24,26). The number of furan rings is 1. The minimum atomic E-state index is -0.467. The van der Waals surface area contributed by atoms with Crippen LogP contribution in [-0.4, -0.2) is 25.1 Å². The van der Waals surface area contributed by atoms with Crippen LogP contribution in [0.1, 0.15) is 17.5 Å². The van der Waals surface area contributed by atoms with Gasteiger partial charge in [-0.05, 0) is 49.4 Å². The first-order chi connectivity index (χ1) is 13.9. The molecule has 1 amide bonds. The summed E-state index contributed by atoms with van der Waals surface area (Å²) in [4.78, 5) is 23.9. The van der Waals surface area contributed by atoms with Crippen molar-refractivity contribution < 1.29 is 23.5 Å². The Morgan fingerprint density at radius 2 is 1.79 bits per heavy atom. The Kier molecular flexibility index (Phi) is 6.80. The Hall–Kier alpha value is -2.96. The number of benzene rings is 2. The lowest BCUT2D eigenvalue weighted by Gasteiger charge is -2.08. The van der Waals surface area contributed by atoms with Crippen LogP contribution in [0.2, 0.25) is 10.0 Å². The zero-order valence-corrected chi connectivity index (χ0v) is 16.9. The van der Waals surface area contributed by atoms with E-state index in [2.05, 4.69) is 5.32 Å². The highest BCUT2D eigenvalue weighted by atomic mass is 35.5. The van der Waals surface area contributed by atoms with Crippen molar-refractivity contribution in [2.24, 2.45) is 0 Å². The second-order valence-electron chi connectivity index (χ2n) is 5.90. The van der Waals surface area contributed by atoms with Crippen LogP contribution < -0.4 is 10.1 Å². The molecule has 0 unspecified atom stereocenters. The zero-order chi connectivity index (χ0) is 20.8. The van der Waals surface area contributed by atoms with Crippen LogP contribution in [0, 0.1) is 0 Å². The number of amides is 1. The van der Waals surface area contributed by atoms with Crippen LogP contribution in [0.25, 0.3) is 11.3 Å². The third kappa shape index (κ3) is 5.76. The second kappa shape index (κ2) is 9.49. The van der Waals surface area contributed by atoms with Crippen LogP contribution in [0.5, 0.6) is 5.75 Å². The number of carbonyl (C=O) groups is 2. The quantitative estimate of drug-likeness (QED) is 0.501. The SMILES string of the molecule is CCOC(=O)COc1cccc(NC(=O)c2ccc(-c3cc(Cl)cc(Cl)c3)o2)c1. The van der Waals surface area contributed by atoms with Gasteiger partial charge in [-0.2, -0.15) is 0 Å². The topological polar surface area (TPSA) is 77.8 Å². The fourth-order valence-corrected chi connectivity index (χ4v) is 3.04. The number of halogens is 2. The van der Waals surface area contributed by atoms with Gasteiger partial charge in [-0.25, -0.2) is 4.79 Å². The van der Waals surface area contributed by atoms with Gasteiger partial charge in [0.1, 0.15) is 11.5 Å². The van der Waals surface area contributed by atoms with Crippen LogP contribution in [0.4, 0.5) is 5.69 Å². The van der Waals surface area contributed by atoms with E-state index in [9.17, 15) is 9.59 Å². The summed E-state index contributed by atoms with van der Waals surface area (Å²) >= 11 is 12.0. The minimum Gasteiger partial charge on any atom is -0.482 e. The average molecular weight is 434 g/mol. The van der Waals surface area contributed by atoms with Crippen molar-refractivity contribution in [1.29, 1.82) is 0 Å². The van der Waals surface area contributed by atoms with Crippen LogP contribution in [-0.2, 0) is 9.53 Å². The molecule has 0 fully saturated rings. The van der Waals surface area contributed by atoms with Crippen molar-refractivity contribution in [2.45, 2.75) is 6.92 Å². The third-order valence-electron chi connectivity index (χ3n) is 3.73. The average Bonchev–Trinajstić information content (AvgIpc) is 3.17. The molecule has 29 heavy (non-hydrogen) atoms. The van der Waals surface area contributed by atoms with E-state index >= 15 is 0 Å². The van der Waals surface area contributed by atoms with Gasteiger partial charge in [0, 0.05) is 27.4 Å². The Morgan fingerprint density at radius 3 is 2.52 bits per heavy atom. The van der Waals surface area contributed by atoms with Crippen molar-refractivity contribution in [3.8, 4) is 17.1 Å². The molecule has 8 heteroatoms. The van der Waals surface area contributed by atoms with Crippen molar-refractivity contribution in [1.82, 2.24) is 0 Å². The lowest BCUT2D eigenvalue weighted by atomic mass is 10.2. The predicted octanol–water partition coefficient (Wildman–Crippen LogP) is 5.45. The normalized spacial score (nSPS) is 10.4. The Morgan fingerprint density at radius 1 is 1.03 bits per heavy atom. The first-order valence-electron chi connectivity index (χ1n) is 8.70. The lowest BCUT2D eigenvalue weighted by molar-refractivity contribution is -0.145. The highest BCUT2D eigenvalue weighted by molar-refractivity contribution is 6.35. The summed E-state index contributed by atoms with van der Waals surface area (Å²) in [5.74, 6) is 0.0997. The third-order valence-corrected chi connectivity index (χ3v) is 4.17. The summed E-state index contributed by atoms with van der Waals surface area (Å²) in [6.45, 7) is 1.79. The summed E-state index contributed by atoms with van der Waals surface area (Å²) in [6.07, 6.45) is 0. The number of esters is 1. The van der Waals surface area contributed by atoms with Crippen LogP contribution in [0.3, 0.4) is 0 Å². The molecule has 0 saturated carbocycles. The number of ether oxygens (including phenoxy) is 2. The molecule has 3 aromatic rings. The number of nitrogens with one attached hydrogen (secondary N) is 1. The summed E-state index contributed by atoms with van der Waals surface area (Å²) < 4.78 is 15.8. The Balaban J connectivity index is 1.67. The lowest BCUT2D eigenvalue weighted by Crippen LogP contribution is -2.15. The molecular formula is C21H17Cl2NO5. The van der Waals surface area contributed by atoms with Gasteiger partial charge in [0.05, 0.1) is 6.61 Å². The summed E-state index contributed by atoms with van der Waals surface area (Å²) in [6, 6.07) is 14.9. The largest absolute Gasteiger partial charge is 0.482 e. The van der Waals surface area contributed by atoms with Crippen molar-refractivity contribution in [2.75, 3.05) is 18.5 Å². The number of rotatable bonds is 7.